The molecule has 0 radical (unpaired) electrons. The van der Waals surface area contributed by atoms with E-state index in [1.165, 1.54) is 0 Å². The minimum absolute atomic E-state index is 0.0893. The van der Waals surface area contributed by atoms with Gasteiger partial charge in [-0.05, 0) is 44.2 Å². The first-order valence-electron chi connectivity index (χ1n) is 11.4. The Morgan fingerprint density at radius 1 is 1.18 bits per heavy atom. The zero-order valence-corrected chi connectivity index (χ0v) is 19.3. The molecule has 3 aromatic rings. The number of pyridine rings is 1. The minimum atomic E-state index is -4.13. The molecule has 0 N–H and O–H groups in total. The van der Waals surface area contributed by atoms with Crippen LogP contribution in [0.15, 0.2) is 18.5 Å². The topological polar surface area (TPSA) is 78.2 Å². The monoisotopic (exact) mass is 476 g/mol. The van der Waals surface area contributed by atoms with Crippen LogP contribution in [0.1, 0.15) is 35.8 Å². The van der Waals surface area contributed by atoms with E-state index in [2.05, 4.69) is 15.1 Å². The minimum Gasteiger partial charge on any atom is -0.477 e. The number of rotatable bonds is 5. The molecule has 0 unspecified atom stereocenters. The maximum atomic E-state index is 12.9. The number of hydrogen-bond donors (Lipinski definition) is 0. The van der Waals surface area contributed by atoms with Gasteiger partial charge in [0.1, 0.15) is 6.10 Å². The van der Waals surface area contributed by atoms with Crippen LogP contribution in [-0.4, -0.2) is 57.2 Å². The summed E-state index contributed by atoms with van der Waals surface area (Å²) in [6.07, 6.45) is -0.425. The summed E-state index contributed by atoms with van der Waals surface area (Å²) in [4.78, 5) is 16.0. The predicted molar refractivity (Wildman–Crippen MR) is 119 cm³/mol. The second-order valence-electron chi connectivity index (χ2n) is 9.23. The summed E-state index contributed by atoms with van der Waals surface area (Å²) >= 11 is 0. The number of nitrogens with zero attached hydrogens (tertiary/aromatic N) is 6. The molecular formula is C23H27F3N6O2. The quantitative estimate of drug-likeness (QED) is 0.552. The van der Waals surface area contributed by atoms with E-state index < -0.39 is 12.1 Å². The molecule has 0 amide bonds. The zero-order chi connectivity index (χ0) is 24.0. The van der Waals surface area contributed by atoms with Gasteiger partial charge >= 0.3 is 6.18 Å². The van der Waals surface area contributed by atoms with Gasteiger partial charge in [-0.3, -0.25) is 4.68 Å². The van der Waals surface area contributed by atoms with E-state index in [0.29, 0.717) is 42.6 Å². The molecule has 1 saturated heterocycles. The molecule has 5 rings (SSSR count). The van der Waals surface area contributed by atoms with Crippen molar-refractivity contribution < 1.29 is 22.6 Å². The number of fused-ring (bicyclic) bond motifs is 1. The number of halogens is 3. The SMILES string of the molecule is Cc1cc2c(OC[C@H]3C[C@@H](C(F)(F)F)C3)nc(N3CCO[C@H](c4cnn(C)c4)C3)nc2nc1C. The van der Waals surface area contributed by atoms with Crippen LogP contribution in [0.4, 0.5) is 19.1 Å². The lowest BCUT2D eigenvalue weighted by atomic mass is 9.75. The van der Waals surface area contributed by atoms with Gasteiger partial charge in [0.2, 0.25) is 11.8 Å². The Balaban J connectivity index is 1.39. The molecule has 182 valence electrons. The molecule has 1 atom stereocenters. The van der Waals surface area contributed by atoms with Crippen LogP contribution in [0.5, 0.6) is 5.88 Å². The van der Waals surface area contributed by atoms with Crippen molar-refractivity contribution in [3.8, 4) is 5.88 Å². The zero-order valence-electron chi connectivity index (χ0n) is 19.3. The van der Waals surface area contributed by atoms with E-state index in [1.807, 2.05) is 38.1 Å². The van der Waals surface area contributed by atoms with Gasteiger partial charge in [0.15, 0.2) is 5.65 Å². The average Bonchev–Trinajstić information content (AvgIpc) is 3.19. The third-order valence-corrected chi connectivity index (χ3v) is 6.68. The summed E-state index contributed by atoms with van der Waals surface area (Å²) in [5.74, 6) is -0.547. The highest BCUT2D eigenvalue weighted by atomic mass is 19.4. The molecule has 2 aliphatic rings. The van der Waals surface area contributed by atoms with Crippen molar-refractivity contribution in [2.45, 2.75) is 39.0 Å². The van der Waals surface area contributed by atoms with Crippen LogP contribution in [-0.2, 0) is 11.8 Å². The molecule has 0 spiro atoms. The highest BCUT2D eigenvalue weighted by Crippen LogP contribution is 2.45. The third-order valence-electron chi connectivity index (χ3n) is 6.68. The van der Waals surface area contributed by atoms with Crippen LogP contribution in [0.2, 0.25) is 0 Å². The Labute approximate surface area is 195 Å². The maximum Gasteiger partial charge on any atom is 0.391 e. The molecule has 34 heavy (non-hydrogen) atoms. The Bertz CT molecular complexity index is 1190. The summed E-state index contributed by atoms with van der Waals surface area (Å²) in [5.41, 5.74) is 3.30. The van der Waals surface area contributed by atoms with Crippen molar-refractivity contribution in [3.05, 3.63) is 35.3 Å². The van der Waals surface area contributed by atoms with Crippen LogP contribution >= 0.6 is 0 Å². The van der Waals surface area contributed by atoms with E-state index in [-0.39, 0.29) is 31.5 Å². The van der Waals surface area contributed by atoms with Crippen molar-refractivity contribution in [1.82, 2.24) is 24.7 Å². The third kappa shape index (κ3) is 4.53. The highest BCUT2D eigenvalue weighted by Gasteiger charge is 2.48. The largest absolute Gasteiger partial charge is 0.477 e. The number of ether oxygens (including phenoxy) is 2. The van der Waals surface area contributed by atoms with Gasteiger partial charge in [0.25, 0.3) is 0 Å². The van der Waals surface area contributed by atoms with Gasteiger partial charge in [0.05, 0.1) is 37.3 Å². The molecule has 8 nitrogen and oxygen atoms in total. The van der Waals surface area contributed by atoms with E-state index in [9.17, 15) is 13.2 Å². The first kappa shape index (κ1) is 22.8. The summed E-state index contributed by atoms with van der Waals surface area (Å²) in [7, 11) is 1.86. The smallest absolute Gasteiger partial charge is 0.391 e. The number of aryl methyl sites for hydroxylation is 3. The summed E-state index contributed by atoms with van der Waals surface area (Å²) in [5, 5.41) is 4.89. The second-order valence-corrected chi connectivity index (χ2v) is 9.23. The molecule has 0 bridgehead atoms. The predicted octanol–water partition coefficient (Wildman–Crippen LogP) is 3.92. The lowest BCUT2D eigenvalue weighted by Gasteiger charge is -2.36. The number of aromatic nitrogens is 5. The van der Waals surface area contributed by atoms with Crippen LogP contribution < -0.4 is 9.64 Å². The summed E-state index contributed by atoms with van der Waals surface area (Å²) < 4.78 is 52.2. The highest BCUT2D eigenvalue weighted by molar-refractivity contribution is 5.82. The van der Waals surface area contributed by atoms with Gasteiger partial charge in [-0.2, -0.15) is 28.2 Å². The molecule has 1 saturated carbocycles. The van der Waals surface area contributed by atoms with E-state index in [0.717, 1.165) is 16.8 Å². The summed E-state index contributed by atoms with van der Waals surface area (Å²) in [6, 6.07) is 1.92. The molecule has 2 fully saturated rings. The fourth-order valence-electron chi connectivity index (χ4n) is 4.43. The first-order valence-corrected chi connectivity index (χ1v) is 11.4. The van der Waals surface area contributed by atoms with Crippen molar-refractivity contribution in [3.63, 3.8) is 0 Å². The number of alkyl halides is 3. The number of hydrogen-bond acceptors (Lipinski definition) is 7. The normalized spacial score (nSPS) is 23.2. The van der Waals surface area contributed by atoms with Crippen LogP contribution in [0, 0.1) is 25.7 Å². The van der Waals surface area contributed by atoms with Crippen LogP contribution in [0.3, 0.4) is 0 Å². The molecule has 1 aliphatic heterocycles. The Morgan fingerprint density at radius 2 is 1.97 bits per heavy atom. The molecule has 3 aromatic heterocycles. The molecule has 0 aromatic carbocycles. The van der Waals surface area contributed by atoms with Gasteiger partial charge in [-0.25, -0.2) is 4.98 Å². The van der Waals surface area contributed by atoms with Crippen molar-refractivity contribution in [2.75, 3.05) is 31.2 Å². The van der Waals surface area contributed by atoms with Gasteiger partial charge in [-0.15, -0.1) is 0 Å². The standard InChI is InChI=1S/C23H27F3N6O2/c1-13-6-18-20(28-14(13)2)29-22(30-21(18)34-12-15-7-17(8-15)23(24,25)26)32-4-5-33-19(11-32)16-9-27-31(3)10-16/h6,9-10,15,17,19H,4-5,7-8,11-12H2,1-3H3/t15-,17+,19-/m0/s1. The lowest BCUT2D eigenvalue weighted by molar-refractivity contribution is -0.206. The Morgan fingerprint density at radius 3 is 2.68 bits per heavy atom. The average molecular weight is 477 g/mol. The second kappa shape index (κ2) is 8.68. The number of anilines is 1. The first-order chi connectivity index (χ1) is 16.2. The fraction of sp³-hybridized carbons (Fsp3) is 0.565. The Hall–Kier alpha value is -2.95. The van der Waals surface area contributed by atoms with Gasteiger partial charge < -0.3 is 14.4 Å². The lowest BCUT2D eigenvalue weighted by Crippen LogP contribution is -2.39. The fourth-order valence-corrected chi connectivity index (χ4v) is 4.43. The van der Waals surface area contributed by atoms with Crippen LogP contribution in [0.25, 0.3) is 11.0 Å². The van der Waals surface area contributed by atoms with Crippen molar-refractivity contribution in [1.29, 1.82) is 0 Å². The Kier molecular flexibility index (Phi) is 5.83. The van der Waals surface area contributed by atoms with Gasteiger partial charge in [0, 0.05) is 31.0 Å². The van der Waals surface area contributed by atoms with E-state index in [4.69, 9.17) is 14.5 Å². The molecule has 11 heteroatoms. The molecule has 1 aliphatic carbocycles. The van der Waals surface area contributed by atoms with E-state index >= 15 is 0 Å². The molecule has 4 heterocycles. The van der Waals surface area contributed by atoms with E-state index in [1.54, 1.807) is 10.9 Å². The maximum absolute atomic E-state index is 12.9. The van der Waals surface area contributed by atoms with Crippen molar-refractivity contribution >= 4 is 17.0 Å². The number of morpholine rings is 1. The van der Waals surface area contributed by atoms with Crippen molar-refractivity contribution in [2.24, 2.45) is 18.9 Å². The summed E-state index contributed by atoms with van der Waals surface area (Å²) in [6.45, 7) is 5.68. The molecular weight excluding hydrogens is 449 g/mol. The van der Waals surface area contributed by atoms with Gasteiger partial charge in [-0.1, -0.05) is 0 Å².